The van der Waals surface area contributed by atoms with Crippen molar-refractivity contribution in [3.8, 4) is 0 Å². The maximum Gasteiger partial charge on any atom is 0.319 e. The minimum atomic E-state index is -1.09. The van der Waals surface area contributed by atoms with E-state index in [4.69, 9.17) is 0 Å². The first-order valence-corrected chi connectivity index (χ1v) is 7.30. The van der Waals surface area contributed by atoms with Gasteiger partial charge in [0.05, 0.1) is 6.04 Å². The molecule has 0 bridgehead atoms. The summed E-state index contributed by atoms with van der Waals surface area (Å²) in [5.41, 5.74) is 1.40. The van der Waals surface area contributed by atoms with Gasteiger partial charge in [-0.25, -0.2) is 13.6 Å². The fourth-order valence-corrected chi connectivity index (χ4v) is 2.68. The highest BCUT2D eigenvalue weighted by atomic mass is 19.2. The average molecular weight is 328 g/mol. The van der Waals surface area contributed by atoms with Crippen LogP contribution in [0.5, 0.6) is 0 Å². The quantitative estimate of drug-likeness (QED) is 0.848. The van der Waals surface area contributed by atoms with Gasteiger partial charge in [0.1, 0.15) is 0 Å². The smallest absolute Gasteiger partial charge is 0.319 e. The van der Waals surface area contributed by atoms with E-state index in [9.17, 15) is 18.4 Å². The van der Waals surface area contributed by atoms with Crippen molar-refractivity contribution in [1.82, 2.24) is 10.6 Å². The van der Waals surface area contributed by atoms with Crippen LogP contribution in [0.15, 0.2) is 59.8 Å². The van der Waals surface area contributed by atoms with Gasteiger partial charge in [0.25, 0.3) is 0 Å². The standard InChI is InChI=1S/C18H14F2N2O2/c1-10-15(17(23)12-7-8-13(19)14(20)9-12)16(22-18(24)21-10)11-5-3-2-4-6-11/h2-9,16H,1H3,(H2,21,22,24). The van der Waals surface area contributed by atoms with Crippen molar-refractivity contribution in [2.75, 3.05) is 0 Å². The number of carbonyl (C=O) groups is 2. The second kappa shape index (κ2) is 6.23. The predicted octanol–water partition coefficient (Wildman–Crippen LogP) is 3.48. The second-order valence-electron chi connectivity index (χ2n) is 5.44. The molecule has 2 N–H and O–H groups in total. The summed E-state index contributed by atoms with van der Waals surface area (Å²) in [6.07, 6.45) is 0. The fourth-order valence-electron chi connectivity index (χ4n) is 2.68. The number of nitrogens with one attached hydrogen (secondary N) is 2. The molecule has 1 atom stereocenters. The lowest BCUT2D eigenvalue weighted by Crippen LogP contribution is -2.45. The molecule has 2 aromatic carbocycles. The molecule has 1 heterocycles. The molecule has 0 radical (unpaired) electrons. The molecular formula is C18H14F2N2O2. The molecule has 4 nitrogen and oxygen atoms in total. The second-order valence-corrected chi connectivity index (χ2v) is 5.44. The van der Waals surface area contributed by atoms with Crippen LogP contribution in [-0.2, 0) is 0 Å². The van der Waals surface area contributed by atoms with Gasteiger partial charge in [0, 0.05) is 16.8 Å². The number of allylic oxidation sites excluding steroid dienone is 1. The molecule has 2 amide bonds. The third-order valence-electron chi connectivity index (χ3n) is 3.83. The van der Waals surface area contributed by atoms with Crippen LogP contribution in [0.25, 0.3) is 0 Å². The Morgan fingerprint density at radius 2 is 1.75 bits per heavy atom. The normalized spacial score (nSPS) is 17.3. The zero-order valence-corrected chi connectivity index (χ0v) is 12.8. The summed E-state index contributed by atoms with van der Waals surface area (Å²) in [6, 6.07) is 10.9. The lowest BCUT2D eigenvalue weighted by Gasteiger charge is -2.28. The highest BCUT2D eigenvalue weighted by molar-refractivity contribution is 6.11. The van der Waals surface area contributed by atoms with Crippen LogP contribution in [-0.4, -0.2) is 11.8 Å². The molecule has 0 aliphatic carbocycles. The van der Waals surface area contributed by atoms with Crippen LogP contribution in [0.3, 0.4) is 0 Å². The Morgan fingerprint density at radius 3 is 2.42 bits per heavy atom. The summed E-state index contributed by atoms with van der Waals surface area (Å²) in [4.78, 5) is 24.6. The summed E-state index contributed by atoms with van der Waals surface area (Å²) in [6.45, 7) is 1.60. The molecule has 0 fully saturated rings. The van der Waals surface area contributed by atoms with Gasteiger partial charge in [-0.2, -0.15) is 0 Å². The summed E-state index contributed by atoms with van der Waals surface area (Å²) in [5, 5.41) is 5.24. The summed E-state index contributed by atoms with van der Waals surface area (Å²) >= 11 is 0. The molecule has 0 spiro atoms. The number of halogens is 2. The van der Waals surface area contributed by atoms with Gasteiger partial charge in [-0.05, 0) is 30.7 Å². The maximum atomic E-state index is 13.5. The number of benzene rings is 2. The van der Waals surface area contributed by atoms with E-state index < -0.39 is 29.5 Å². The van der Waals surface area contributed by atoms with Crippen molar-refractivity contribution in [3.05, 3.63) is 82.6 Å². The van der Waals surface area contributed by atoms with E-state index in [1.807, 2.05) is 6.07 Å². The van der Waals surface area contributed by atoms with Crippen LogP contribution in [0.4, 0.5) is 13.6 Å². The molecule has 0 saturated heterocycles. The van der Waals surface area contributed by atoms with Gasteiger partial charge in [-0.15, -0.1) is 0 Å². The number of amides is 2. The zero-order valence-electron chi connectivity index (χ0n) is 12.8. The van der Waals surface area contributed by atoms with Crippen LogP contribution in [0.2, 0.25) is 0 Å². The molecule has 0 saturated carbocycles. The Kier molecular flexibility index (Phi) is 4.12. The number of urea groups is 1. The minimum absolute atomic E-state index is 0.0159. The Bertz CT molecular complexity index is 847. The Balaban J connectivity index is 2.07. The monoisotopic (exact) mass is 328 g/mol. The Morgan fingerprint density at radius 1 is 1.04 bits per heavy atom. The van der Waals surface area contributed by atoms with Gasteiger partial charge in [0.15, 0.2) is 17.4 Å². The van der Waals surface area contributed by atoms with Crippen LogP contribution >= 0.6 is 0 Å². The lowest BCUT2D eigenvalue weighted by atomic mass is 9.89. The summed E-state index contributed by atoms with van der Waals surface area (Å²) < 4.78 is 26.6. The van der Waals surface area contributed by atoms with Gasteiger partial charge < -0.3 is 10.6 Å². The molecule has 1 aliphatic heterocycles. The van der Waals surface area contributed by atoms with E-state index in [0.29, 0.717) is 5.70 Å². The van der Waals surface area contributed by atoms with Crippen molar-refractivity contribution in [2.24, 2.45) is 0 Å². The predicted molar refractivity (Wildman–Crippen MR) is 84.2 cm³/mol. The third-order valence-corrected chi connectivity index (χ3v) is 3.83. The molecule has 2 aromatic rings. The number of ketones is 1. The largest absolute Gasteiger partial charge is 0.327 e. The van der Waals surface area contributed by atoms with E-state index in [1.165, 1.54) is 6.07 Å². The topological polar surface area (TPSA) is 58.2 Å². The zero-order chi connectivity index (χ0) is 17.3. The summed E-state index contributed by atoms with van der Waals surface area (Å²) in [5.74, 6) is -2.59. The molecule has 24 heavy (non-hydrogen) atoms. The van der Waals surface area contributed by atoms with E-state index in [1.54, 1.807) is 31.2 Å². The average Bonchev–Trinajstić information content (AvgIpc) is 2.57. The molecule has 6 heteroatoms. The maximum absolute atomic E-state index is 13.5. The van der Waals surface area contributed by atoms with E-state index in [2.05, 4.69) is 10.6 Å². The number of Topliss-reactive ketones (excluding diaryl/α,β-unsaturated/α-hetero) is 1. The van der Waals surface area contributed by atoms with Crippen molar-refractivity contribution in [3.63, 3.8) is 0 Å². The van der Waals surface area contributed by atoms with Gasteiger partial charge >= 0.3 is 6.03 Å². The SMILES string of the molecule is CC1=C(C(=O)c2ccc(F)c(F)c2)C(c2ccccc2)NC(=O)N1. The van der Waals surface area contributed by atoms with Gasteiger partial charge in [-0.1, -0.05) is 30.3 Å². The first kappa shape index (κ1) is 15.9. The fraction of sp³-hybridized carbons (Fsp3) is 0.111. The first-order chi connectivity index (χ1) is 11.5. The van der Waals surface area contributed by atoms with Crippen LogP contribution in [0.1, 0.15) is 28.9 Å². The van der Waals surface area contributed by atoms with Crippen molar-refractivity contribution >= 4 is 11.8 Å². The first-order valence-electron chi connectivity index (χ1n) is 7.30. The summed E-state index contributed by atoms with van der Waals surface area (Å²) in [7, 11) is 0. The minimum Gasteiger partial charge on any atom is -0.327 e. The number of hydrogen-bond acceptors (Lipinski definition) is 2. The highest BCUT2D eigenvalue weighted by Crippen LogP contribution is 2.29. The Labute approximate surface area is 137 Å². The van der Waals surface area contributed by atoms with Crippen LogP contribution in [0, 0.1) is 11.6 Å². The third kappa shape index (κ3) is 2.90. The van der Waals surface area contributed by atoms with Gasteiger partial charge in [-0.3, -0.25) is 4.79 Å². The van der Waals surface area contributed by atoms with E-state index in [-0.39, 0.29) is 11.1 Å². The number of carbonyl (C=O) groups excluding carboxylic acids is 2. The number of rotatable bonds is 3. The molecule has 1 aliphatic rings. The lowest BCUT2D eigenvalue weighted by molar-refractivity contribution is 0.102. The van der Waals surface area contributed by atoms with E-state index >= 15 is 0 Å². The van der Waals surface area contributed by atoms with Crippen molar-refractivity contribution in [2.45, 2.75) is 13.0 Å². The number of hydrogen-bond donors (Lipinski definition) is 2. The van der Waals surface area contributed by atoms with Crippen LogP contribution < -0.4 is 10.6 Å². The Hall–Kier alpha value is -3.02. The van der Waals surface area contributed by atoms with Crippen molar-refractivity contribution < 1.29 is 18.4 Å². The van der Waals surface area contributed by atoms with Gasteiger partial charge in [0.2, 0.25) is 0 Å². The highest BCUT2D eigenvalue weighted by Gasteiger charge is 2.31. The molecule has 122 valence electrons. The van der Waals surface area contributed by atoms with E-state index in [0.717, 1.165) is 17.7 Å². The molecule has 0 aromatic heterocycles. The van der Waals surface area contributed by atoms with Crippen molar-refractivity contribution in [1.29, 1.82) is 0 Å². The molecule has 1 unspecified atom stereocenters. The molecular weight excluding hydrogens is 314 g/mol. The molecule has 3 rings (SSSR count).